The third kappa shape index (κ3) is 1.65. The van der Waals surface area contributed by atoms with Crippen LogP contribution in [0.15, 0.2) is 12.1 Å². The van der Waals surface area contributed by atoms with Crippen LogP contribution in [0.5, 0.6) is 11.5 Å². The van der Waals surface area contributed by atoms with Gasteiger partial charge >= 0.3 is 0 Å². The molecule has 1 heterocycles. The van der Waals surface area contributed by atoms with Crippen LogP contribution >= 0.6 is 0 Å². The molecule has 1 aliphatic heterocycles. The Balaban J connectivity index is 2.23. The molecule has 2 rings (SSSR count). The van der Waals surface area contributed by atoms with E-state index in [4.69, 9.17) is 14.6 Å². The zero-order valence-corrected chi connectivity index (χ0v) is 7.62. The molecule has 0 bridgehead atoms. The number of hydrogen-bond donors (Lipinski definition) is 1. The molecule has 76 valence electrons. The molecule has 0 radical (unpaired) electrons. The second-order valence-electron chi connectivity index (χ2n) is 3.14. The van der Waals surface area contributed by atoms with Crippen LogP contribution in [0.25, 0.3) is 0 Å². The molecule has 1 aliphatic rings. The minimum absolute atomic E-state index is 0.0791. The minimum Gasteiger partial charge on any atom is -0.453 e. The van der Waals surface area contributed by atoms with E-state index in [1.165, 1.54) is 6.07 Å². The zero-order valence-electron chi connectivity index (χ0n) is 7.62. The Kier molecular flexibility index (Phi) is 2.54. The first-order valence-electron chi connectivity index (χ1n) is 4.50. The summed E-state index contributed by atoms with van der Waals surface area (Å²) in [7, 11) is 0. The van der Waals surface area contributed by atoms with Crippen molar-refractivity contribution in [3.05, 3.63) is 23.5 Å². The molecule has 1 aromatic rings. The summed E-state index contributed by atoms with van der Waals surface area (Å²) in [6.45, 7) is 0.186. The van der Waals surface area contributed by atoms with Crippen molar-refractivity contribution in [3.8, 4) is 11.5 Å². The van der Waals surface area contributed by atoms with E-state index in [2.05, 4.69) is 0 Å². The van der Waals surface area contributed by atoms with Crippen LogP contribution in [-0.4, -0.2) is 18.5 Å². The fourth-order valence-electron chi connectivity index (χ4n) is 1.45. The molecule has 0 amide bonds. The fraction of sp³-hybridized carbons (Fsp3) is 0.400. The van der Waals surface area contributed by atoms with Crippen molar-refractivity contribution in [3.63, 3.8) is 0 Å². The molecule has 0 spiro atoms. The Labute approximate surface area is 81.1 Å². The number of halogens is 1. The van der Waals surface area contributed by atoms with E-state index in [1.807, 2.05) is 0 Å². The summed E-state index contributed by atoms with van der Waals surface area (Å²) in [5, 5.41) is 8.64. The van der Waals surface area contributed by atoms with Gasteiger partial charge in [-0.3, -0.25) is 0 Å². The van der Waals surface area contributed by atoms with Gasteiger partial charge in [0.15, 0.2) is 11.6 Å². The highest BCUT2D eigenvalue weighted by Gasteiger charge is 2.18. The maximum Gasteiger partial charge on any atom is 0.231 e. The van der Waals surface area contributed by atoms with Crippen molar-refractivity contribution in [2.24, 2.45) is 0 Å². The van der Waals surface area contributed by atoms with Gasteiger partial charge in [0.05, 0.1) is 0 Å². The highest BCUT2D eigenvalue weighted by atomic mass is 19.1. The van der Waals surface area contributed by atoms with Gasteiger partial charge < -0.3 is 14.6 Å². The van der Waals surface area contributed by atoms with Gasteiger partial charge in [-0.25, -0.2) is 4.39 Å². The molecular formula is C10H11FO3. The molecule has 0 unspecified atom stereocenters. The predicted molar refractivity (Wildman–Crippen MR) is 47.9 cm³/mol. The van der Waals surface area contributed by atoms with Gasteiger partial charge in [0.1, 0.15) is 0 Å². The quantitative estimate of drug-likeness (QED) is 0.799. The Bertz CT molecular complexity index is 338. The Morgan fingerprint density at radius 1 is 1.36 bits per heavy atom. The number of aliphatic hydroxyl groups excluding tert-OH is 1. The average Bonchev–Trinajstić information content (AvgIpc) is 2.63. The molecule has 0 aromatic heterocycles. The van der Waals surface area contributed by atoms with Gasteiger partial charge in [-0.15, -0.1) is 0 Å². The van der Waals surface area contributed by atoms with Crippen molar-refractivity contribution in [1.82, 2.24) is 0 Å². The standard InChI is InChI=1S/C10H11FO3/c11-8-4-7(2-1-3-12)5-9-10(8)14-6-13-9/h4-5,12H,1-3,6H2. The van der Waals surface area contributed by atoms with Gasteiger partial charge in [-0.1, -0.05) is 0 Å². The molecule has 4 heteroatoms. The first-order chi connectivity index (χ1) is 6.81. The number of fused-ring (bicyclic) bond motifs is 1. The van der Waals surface area contributed by atoms with E-state index in [-0.39, 0.29) is 19.1 Å². The van der Waals surface area contributed by atoms with Gasteiger partial charge in [-0.2, -0.15) is 0 Å². The minimum atomic E-state index is -0.395. The summed E-state index contributed by atoms with van der Waals surface area (Å²) in [5.41, 5.74) is 0.820. The first kappa shape index (κ1) is 9.27. The van der Waals surface area contributed by atoms with Crippen LogP contribution in [0.1, 0.15) is 12.0 Å². The number of rotatable bonds is 3. The second kappa shape index (κ2) is 3.84. The third-order valence-electron chi connectivity index (χ3n) is 2.11. The smallest absolute Gasteiger partial charge is 0.231 e. The summed E-state index contributed by atoms with van der Waals surface area (Å²) in [4.78, 5) is 0. The molecular weight excluding hydrogens is 187 g/mol. The fourth-order valence-corrected chi connectivity index (χ4v) is 1.45. The number of aliphatic hydroxyl groups is 1. The summed E-state index contributed by atoms with van der Waals surface area (Å²) >= 11 is 0. The molecule has 1 N–H and O–H groups in total. The maximum absolute atomic E-state index is 13.3. The molecule has 1 aromatic carbocycles. The van der Waals surface area contributed by atoms with E-state index in [9.17, 15) is 4.39 Å². The van der Waals surface area contributed by atoms with Crippen molar-refractivity contribution in [1.29, 1.82) is 0 Å². The van der Waals surface area contributed by atoms with Crippen molar-refractivity contribution >= 4 is 0 Å². The summed E-state index contributed by atoms with van der Waals surface area (Å²) in [6, 6.07) is 3.17. The molecule has 0 saturated carbocycles. The van der Waals surface area contributed by atoms with Crippen LogP contribution in [-0.2, 0) is 6.42 Å². The zero-order chi connectivity index (χ0) is 9.97. The van der Waals surface area contributed by atoms with Crippen molar-refractivity contribution in [2.45, 2.75) is 12.8 Å². The highest BCUT2D eigenvalue weighted by molar-refractivity contribution is 5.45. The van der Waals surface area contributed by atoms with Crippen LogP contribution in [0.4, 0.5) is 4.39 Å². The Morgan fingerprint density at radius 3 is 3.00 bits per heavy atom. The molecule has 0 saturated heterocycles. The van der Waals surface area contributed by atoms with Crippen LogP contribution < -0.4 is 9.47 Å². The lowest BCUT2D eigenvalue weighted by atomic mass is 10.1. The molecule has 0 fully saturated rings. The number of aryl methyl sites for hydroxylation is 1. The molecule has 14 heavy (non-hydrogen) atoms. The normalized spacial score (nSPS) is 13.3. The van der Waals surface area contributed by atoms with E-state index in [1.54, 1.807) is 6.07 Å². The summed E-state index contributed by atoms with van der Waals surface area (Å²) in [6.07, 6.45) is 1.27. The predicted octanol–water partition coefficient (Wildman–Crippen LogP) is 1.48. The number of benzene rings is 1. The van der Waals surface area contributed by atoms with Gasteiger partial charge in [0.2, 0.25) is 12.5 Å². The largest absolute Gasteiger partial charge is 0.453 e. The molecule has 0 aliphatic carbocycles. The average molecular weight is 198 g/mol. The van der Waals surface area contributed by atoms with E-state index in [0.29, 0.717) is 18.6 Å². The summed E-state index contributed by atoms with van der Waals surface area (Å²) in [5.74, 6) is 0.253. The number of ether oxygens (including phenoxy) is 2. The Morgan fingerprint density at radius 2 is 2.21 bits per heavy atom. The second-order valence-corrected chi connectivity index (χ2v) is 3.14. The lowest BCUT2D eigenvalue weighted by Crippen LogP contribution is -1.93. The topological polar surface area (TPSA) is 38.7 Å². The van der Waals surface area contributed by atoms with E-state index in [0.717, 1.165) is 5.56 Å². The first-order valence-corrected chi connectivity index (χ1v) is 4.50. The summed E-state index contributed by atoms with van der Waals surface area (Å²) < 4.78 is 23.3. The maximum atomic E-state index is 13.3. The SMILES string of the molecule is OCCCc1cc(F)c2c(c1)OCO2. The van der Waals surface area contributed by atoms with E-state index >= 15 is 0 Å². The van der Waals surface area contributed by atoms with Crippen molar-refractivity contribution in [2.75, 3.05) is 13.4 Å². The third-order valence-corrected chi connectivity index (χ3v) is 2.11. The van der Waals surface area contributed by atoms with Gasteiger partial charge in [-0.05, 0) is 30.5 Å². The van der Waals surface area contributed by atoms with Crippen molar-refractivity contribution < 1.29 is 19.0 Å². The Hall–Kier alpha value is -1.29. The molecule has 3 nitrogen and oxygen atoms in total. The van der Waals surface area contributed by atoms with E-state index < -0.39 is 5.82 Å². The van der Waals surface area contributed by atoms with Gasteiger partial charge in [0.25, 0.3) is 0 Å². The lowest BCUT2D eigenvalue weighted by molar-refractivity contribution is 0.171. The highest BCUT2D eigenvalue weighted by Crippen LogP contribution is 2.35. The monoisotopic (exact) mass is 198 g/mol. The number of hydrogen-bond acceptors (Lipinski definition) is 3. The van der Waals surface area contributed by atoms with Crippen LogP contribution in [0.3, 0.4) is 0 Å². The lowest BCUT2D eigenvalue weighted by Gasteiger charge is -2.02. The molecule has 0 atom stereocenters. The van der Waals surface area contributed by atoms with Gasteiger partial charge in [0, 0.05) is 6.61 Å². The van der Waals surface area contributed by atoms with Crippen LogP contribution in [0, 0.1) is 5.82 Å². The van der Waals surface area contributed by atoms with Crippen LogP contribution in [0.2, 0.25) is 0 Å².